The molecule has 0 spiro atoms. The van der Waals surface area contributed by atoms with Crippen LogP contribution in [-0.2, 0) is 11.2 Å². The highest BCUT2D eigenvalue weighted by Gasteiger charge is 2.30. The molecule has 1 unspecified atom stereocenters. The molecule has 1 fully saturated rings. The number of thiazole rings is 1. The molecule has 1 atom stereocenters. The van der Waals surface area contributed by atoms with Crippen molar-refractivity contribution in [2.75, 3.05) is 6.54 Å². The summed E-state index contributed by atoms with van der Waals surface area (Å²) in [5.41, 5.74) is 3.36. The number of carbonyl (C=O) groups is 1. The number of thiophene rings is 1. The van der Waals surface area contributed by atoms with Crippen molar-refractivity contribution >= 4 is 44.5 Å². The van der Waals surface area contributed by atoms with Gasteiger partial charge in [0.1, 0.15) is 5.01 Å². The Morgan fingerprint density at radius 1 is 1.27 bits per heavy atom. The fourth-order valence-electron chi connectivity index (χ4n) is 3.38. The van der Waals surface area contributed by atoms with Crippen LogP contribution in [0, 0.1) is 6.92 Å². The SMILES string of the molecule is Cc1ccc(C2CCCN2C(=O)Cc2csc(-c3cc(Br)cs3)n2)cc1. The second-order valence-electron chi connectivity index (χ2n) is 6.61. The highest BCUT2D eigenvalue weighted by atomic mass is 79.9. The number of hydrogen-bond acceptors (Lipinski definition) is 4. The van der Waals surface area contributed by atoms with Gasteiger partial charge in [-0.15, -0.1) is 22.7 Å². The van der Waals surface area contributed by atoms with Crippen LogP contribution in [0.2, 0.25) is 0 Å². The van der Waals surface area contributed by atoms with E-state index in [1.165, 1.54) is 11.1 Å². The molecule has 26 heavy (non-hydrogen) atoms. The zero-order valence-electron chi connectivity index (χ0n) is 14.4. The van der Waals surface area contributed by atoms with Gasteiger partial charge in [-0.25, -0.2) is 4.98 Å². The summed E-state index contributed by atoms with van der Waals surface area (Å²) in [6.45, 7) is 2.93. The van der Waals surface area contributed by atoms with Crippen molar-refractivity contribution in [3.63, 3.8) is 0 Å². The lowest BCUT2D eigenvalue weighted by molar-refractivity contribution is -0.131. The lowest BCUT2D eigenvalue weighted by Crippen LogP contribution is -2.31. The van der Waals surface area contributed by atoms with Gasteiger partial charge in [0.15, 0.2) is 0 Å². The number of aryl methyl sites for hydroxylation is 1. The summed E-state index contributed by atoms with van der Waals surface area (Å²) in [6, 6.07) is 10.8. The number of likely N-dealkylation sites (tertiary alicyclic amines) is 1. The average Bonchev–Trinajstić information content (AvgIpc) is 3.35. The van der Waals surface area contributed by atoms with Crippen LogP contribution < -0.4 is 0 Å². The molecule has 3 nitrogen and oxygen atoms in total. The molecule has 6 heteroatoms. The topological polar surface area (TPSA) is 33.2 Å². The number of halogens is 1. The molecular weight excluding hydrogens is 428 g/mol. The van der Waals surface area contributed by atoms with E-state index < -0.39 is 0 Å². The van der Waals surface area contributed by atoms with Crippen molar-refractivity contribution in [3.05, 3.63) is 62.4 Å². The largest absolute Gasteiger partial charge is 0.335 e. The van der Waals surface area contributed by atoms with Crippen LogP contribution in [-0.4, -0.2) is 22.3 Å². The van der Waals surface area contributed by atoms with Crippen LogP contribution in [0.1, 0.15) is 35.7 Å². The van der Waals surface area contributed by atoms with Crippen LogP contribution in [0.3, 0.4) is 0 Å². The van der Waals surface area contributed by atoms with Gasteiger partial charge in [-0.2, -0.15) is 0 Å². The Morgan fingerprint density at radius 2 is 2.08 bits per heavy atom. The fraction of sp³-hybridized carbons (Fsp3) is 0.300. The van der Waals surface area contributed by atoms with Crippen molar-refractivity contribution in [1.29, 1.82) is 0 Å². The molecule has 1 aliphatic rings. The number of aromatic nitrogens is 1. The van der Waals surface area contributed by atoms with E-state index in [4.69, 9.17) is 0 Å². The Morgan fingerprint density at radius 3 is 2.81 bits per heavy atom. The summed E-state index contributed by atoms with van der Waals surface area (Å²) in [5.74, 6) is 0.178. The Hall–Kier alpha value is -1.50. The van der Waals surface area contributed by atoms with E-state index >= 15 is 0 Å². The van der Waals surface area contributed by atoms with Crippen LogP contribution in [0.25, 0.3) is 9.88 Å². The standard InChI is InChI=1S/C20H19BrN2OS2/c1-13-4-6-14(7-5-13)17-3-2-8-23(17)19(24)10-16-12-26-20(22-16)18-9-15(21)11-25-18/h4-7,9,11-12,17H,2-3,8,10H2,1H3. The van der Waals surface area contributed by atoms with Crippen LogP contribution in [0.5, 0.6) is 0 Å². The molecule has 0 saturated carbocycles. The first-order valence-corrected chi connectivity index (χ1v) is 11.2. The molecule has 1 aromatic carbocycles. The summed E-state index contributed by atoms with van der Waals surface area (Å²) in [5, 5.41) is 5.05. The van der Waals surface area contributed by atoms with E-state index in [0.717, 1.165) is 39.4 Å². The predicted octanol–water partition coefficient (Wildman–Crippen LogP) is 5.85. The summed E-state index contributed by atoms with van der Waals surface area (Å²) >= 11 is 6.75. The van der Waals surface area contributed by atoms with Gasteiger partial charge in [-0.05, 0) is 47.3 Å². The first-order valence-electron chi connectivity index (χ1n) is 8.65. The van der Waals surface area contributed by atoms with Crippen molar-refractivity contribution in [1.82, 2.24) is 9.88 Å². The summed E-state index contributed by atoms with van der Waals surface area (Å²) < 4.78 is 1.07. The quantitative estimate of drug-likeness (QED) is 0.503. The minimum absolute atomic E-state index is 0.178. The molecule has 2 aromatic heterocycles. The molecule has 1 aliphatic heterocycles. The Balaban J connectivity index is 1.47. The summed E-state index contributed by atoms with van der Waals surface area (Å²) in [6.07, 6.45) is 2.49. The highest BCUT2D eigenvalue weighted by molar-refractivity contribution is 9.10. The zero-order chi connectivity index (χ0) is 18.1. The predicted molar refractivity (Wildman–Crippen MR) is 112 cm³/mol. The number of amides is 1. The van der Waals surface area contributed by atoms with Gasteiger partial charge < -0.3 is 4.90 Å². The third-order valence-corrected chi connectivity index (χ3v) is 7.45. The molecule has 1 amide bonds. The van der Waals surface area contributed by atoms with Gasteiger partial charge in [0.25, 0.3) is 0 Å². The second kappa shape index (κ2) is 7.62. The van der Waals surface area contributed by atoms with Crippen LogP contribution in [0.4, 0.5) is 0 Å². The fourth-order valence-corrected chi connectivity index (χ4v) is 5.71. The van der Waals surface area contributed by atoms with E-state index in [1.54, 1.807) is 22.7 Å². The smallest absolute Gasteiger partial charge is 0.229 e. The molecule has 134 valence electrons. The van der Waals surface area contributed by atoms with E-state index in [0.29, 0.717) is 6.42 Å². The van der Waals surface area contributed by atoms with Crippen LogP contribution >= 0.6 is 38.6 Å². The maximum Gasteiger partial charge on any atom is 0.229 e. The van der Waals surface area contributed by atoms with Crippen LogP contribution in [0.15, 0.2) is 45.6 Å². The second-order valence-corrected chi connectivity index (χ2v) is 9.29. The first kappa shape index (κ1) is 17.9. The number of carbonyl (C=O) groups excluding carboxylic acids is 1. The minimum Gasteiger partial charge on any atom is -0.335 e. The molecule has 4 rings (SSSR count). The van der Waals surface area contributed by atoms with E-state index in [9.17, 15) is 4.79 Å². The van der Waals surface area contributed by atoms with Gasteiger partial charge in [0, 0.05) is 21.8 Å². The third-order valence-electron chi connectivity index (χ3n) is 4.70. The molecule has 1 saturated heterocycles. The monoisotopic (exact) mass is 446 g/mol. The van der Waals surface area contributed by atoms with Gasteiger partial charge in [0.2, 0.25) is 5.91 Å². The Bertz CT molecular complexity index is 916. The van der Waals surface area contributed by atoms with Gasteiger partial charge in [-0.1, -0.05) is 29.8 Å². The number of rotatable bonds is 4. The Kier molecular flexibility index (Phi) is 5.25. The lowest BCUT2D eigenvalue weighted by Gasteiger charge is -2.25. The molecule has 3 heterocycles. The van der Waals surface area contributed by atoms with Gasteiger partial charge in [0.05, 0.1) is 23.0 Å². The molecule has 3 aromatic rings. The van der Waals surface area contributed by atoms with Crippen molar-refractivity contribution < 1.29 is 4.79 Å². The summed E-state index contributed by atoms with van der Waals surface area (Å²) in [7, 11) is 0. The highest BCUT2D eigenvalue weighted by Crippen LogP contribution is 2.34. The first-order chi connectivity index (χ1) is 12.6. The van der Waals surface area contributed by atoms with E-state index in [2.05, 4.69) is 63.5 Å². The molecule has 0 radical (unpaired) electrons. The van der Waals surface area contributed by atoms with E-state index in [-0.39, 0.29) is 11.9 Å². The number of hydrogen-bond donors (Lipinski definition) is 0. The maximum absolute atomic E-state index is 12.9. The number of nitrogens with zero attached hydrogens (tertiary/aromatic N) is 2. The van der Waals surface area contributed by atoms with Gasteiger partial charge in [-0.3, -0.25) is 4.79 Å². The van der Waals surface area contributed by atoms with Crippen molar-refractivity contribution in [2.24, 2.45) is 0 Å². The molecular formula is C20H19BrN2OS2. The van der Waals surface area contributed by atoms with E-state index in [1.807, 2.05) is 10.3 Å². The van der Waals surface area contributed by atoms with Crippen molar-refractivity contribution in [2.45, 2.75) is 32.2 Å². The Labute approximate surface area is 169 Å². The minimum atomic E-state index is 0.178. The molecule has 0 bridgehead atoms. The average molecular weight is 447 g/mol. The molecule has 0 N–H and O–H groups in total. The summed E-state index contributed by atoms with van der Waals surface area (Å²) in [4.78, 5) is 20.7. The normalized spacial score (nSPS) is 17.0. The van der Waals surface area contributed by atoms with Gasteiger partial charge >= 0.3 is 0 Å². The zero-order valence-corrected chi connectivity index (χ0v) is 17.7. The van der Waals surface area contributed by atoms with Crippen molar-refractivity contribution in [3.8, 4) is 9.88 Å². The third kappa shape index (κ3) is 3.77. The number of benzene rings is 1. The molecule has 0 aliphatic carbocycles. The lowest BCUT2D eigenvalue weighted by atomic mass is 10.0. The maximum atomic E-state index is 12.9.